The molecule has 0 aromatic rings. The van der Waals surface area contributed by atoms with Crippen molar-refractivity contribution >= 4 is 17.9 Å². The Morgan fingerprint density at radius 3 is 0.836 bits per heavy atom. The van der Waals surface area contributed by atoms with Crippen molar-refractivity contribution in [2.45, 2.75) is 335 Å². The van der Waals surface area contributed by atoms with E-state index in [1.54, 1.807) is 0 Å². The third kappa shape index (κ3) is 59.9. The van der Waals surface area contributed by atoms with Crippen molar-refractivity contribution < 1.29 is 28.6 Å². The van der Waals surface area contributed by atoms with Crippen molar-refractivity contribution in [1.82, 2.24) is 0 Å². The summed E-state index contributed by atoms with van der Waals surface area (Å²) in [6.07, 6.45) is 77.9. The predicted octanol–water partition coefficient (Wildman–Crippen LogP) is 21.6. The van der Waals surface area contributed by atoms with Crippen molar-refractivity contribution in [2.24, 2.45) is 0 Å². The normalized spacial score (nSPS) is 12.4. The van der Waals surface area contributed by atoms with Crippen LogP contribution in [-0.4, -0.2) is 37.2 Å². The fraction of sp³-hybridized carbons (Fsp3) is 0.806. The Kier molecular flexibility index (Phi) is 59.2. The van der Waals surface area contributed by atoms with Crippen LogP contribution in [0.4, 0.5) is 0 Å². The number of allylic oxidation sites excluding steroid dienone is 10. The minimum absolute atomic E-state index is 0.0706. The lowest BCUT2D eigenvalue weighted by Crippen LogP contribution is -2.30. The number of carbonyl (C=O) groups excluding carboxylic acids is 3. The second-order valence-electron chi connectivity index (χ2n) is 21.3. The monoisotopic (exact) mass is 1020 g/mol. The van der Waals surface area contributed by atoms with E-state index >= 15 is 0 Å². The van der Waals surface area contributed by atoms with Gasteiger partial charge in [0.05, 0.1) is 0 Å². The molecule has 424 valence electrons. The van der Waals surface area contributed by atoms with Crippen molar-refractivity contribution in [3.63, 3.8) is 0 Å². The molecule has 0 aromatic heterocycles. The van der Waals surface area contributed by atoms with Gasteiger partial charge in [0.15, 0.2) is 6.10 Å². The molecule has 0 radical (unpaired) electrons. The first kappa shape index (κ1) is 70.1. The van der Waals surface area contributed by atoms with Crippen LogP contribution >= 0.6 is 0 Å². The molecule has 0 N–H and O–H groups in total. The van der Waals surface area contributed by atoms with Crippen molar-refractivity contribution in [2.75, 3.05) is 13.2 Å². The Morgan fingerprint density at radius 1 is 0.288 bits per heavy atom. The van der Waals surface area contributed by atoms with Gasteiger partial charge in [0.1, 0.15) is 13.2 Å². The van der Waals surface area contributed by atoms with Crippen LogP contribution in [0.15, 0.2) is 60.8 Å². The van der Waals surface area contributed by atoms with E-state index in [9.17, 15) is 14.4 Å². The van der Waals surface area contributed by atoms with Crippen LogP contribution in [0, 0.1) is 0 Å². The molecule has 0 fully saturated rings. The first-order valence-electron chi connectivity index (χ1n) is 31.8. The number of ether oxygens (including phenoxy) is 3. The molecule has 6 nitrogen and oxygen atoms in total. The largest absolute Gasteiger partial charge is 0.462 e. The molecule has 0 aromatic carbocycles. The summed E-state index contributed by atoms with van der Waals surface area (Å²) >= 11 is 0. The first-order chi connectivity index (χ1) is 36.0. The van der Waals surface area contributed by atoms with E-state index in [4.69, 9.17) is 14.2 Å². The van der Waals surface area contributed by atoms with E-state index in [2.05, 4.69) is 81.5 Å². The van der Waals surface area contributed by atoms with E-state index in [1.807, 2.05) is 0 Å². The summed E-state index contributed by atoms with van der Waals surface area (Å²) in [4.78, 5) is 38.3. The molecule has 0 saturated heterocycles. The van der Waals surface area contributed by atoms with Crippen LogP contribution in [0.3, 0.4) is 0 Å². The summed E-state index contributed by atoms with van der Waals surface area (Å²) in [6, 6.07) is 0. The minimum atomic E-state index is -0.773. The van der Waals surface area contributed by atoms with Gasteiger partial charge in [-0.25, -0.2) is 0 Å². The molecular formula is C67H120O6. The lowest BCUT2D eigenvalue weighted by molar-refractivity contribution is -0.167. The Morgan fingerprint density at radius 2 is 0.534 bits per heavy atom. The Balaban J connectivity index is 4.30. The maximum absolute atomic E-state index is 12.9. The molecule has 0 heterocycles. The summed E-state index contributed by atoms with van der Waals surface area (Å²) in [5.74, 6) is -0.856. The van der Waals surface area contributed by atoms with Gasteiger partial charge in [-0.3, -0.25) is 14.4 Å². The van der Waals surface area contributed by atoms with Gasteiger partial charge in [0, 0.05) is 19.3 Å². The SMILES string of the molecule is CC/C=C\C/C=C\C/C=C\C/C=C\C/C=C\CCCCCCCCCCCC(=O)OCC(COC(=O)CCCCCCCCCCCCCCCC)OC(=O)CCCCCCCCCCCCCCCCCC. The third-order valence-electron chi connectivity index (χ3n) is 14.0. The molecule has 0 bridgehead atoms. The summed E-state index contributed by atoms with van der Waals surface area (Å²) in [6.45, 7) is 6.57. The zero-order chi connectivity index (χ0) is 52.9. The van der Waals surface area contributed by atoms with Gasteiger partial charge in [0.2, 0.25) is 0 Å². The zero-order valence-corrected chi connectivity index (χ0v) is 48.7. The smallest absolute Gasteiger partial charge is 0.306 e. The van der Waals surface area contributed by atoms with Gasteiger partial charge >= 0.3 is 17.9 Å². The van der Waals surface area contributed by atoms with E-state index in [1.165, 1.54) is 193 Å². The Labute approximate surface area is 453 Å². The van der Waals surface area contributed by atoms with Crippen LogP contribution in [0.1, 0.15) is 329 Å². The number of hydrogen-bond donors (Lipinski definition) is 0. The second kappa shape index (κ2) is 61.7. The highest BCUT2D eigenvalue weighted by Gasteiger charge is 2.19. The first-order valence-corrected chi connectivity index (χ1v) is 31.8. The highest BCUT2D eigenvalue weighted by molar-refractivity contribution is 5.71. The standard InChI is InChI=1S/C67H120O6/c1-4-7-10-13-16-19-22-25-28-30-31-32-33-34-35-36-37-38-40-42-45-48-51-54-57-60-66(69)72-63-64(62-71-65(68)59-56-53-50-47-44-41-27-24-21-18-15-12-9-6-3)73-67(70)61-58-55-52-49-46-43-39-29-26-23-20-17-14-11-8-5-2/h7,10,16,19,25,28,31-32,34-35,64H,4-6,8-9,11-15,17-18,20-24,26-27,29-30,33,36-63H2,1-3H3/b10-7-,19-16-,28-25-,32-31-,35-34-. The molecule has 6 heteroatoms. The molecule has 0 aliphatic rings. The molecule has 0 spiro atoms. The summed E-state index contributed by atoms with van der Waals surface area (Å²) in [5, 5.41) is 0. The van der Waals surface area contributed by atoms with Gasteiger partial charge in [0.25, 0.3) is 0 Å². The van der Waals surface area contributed by atoms with Crippen LogP contribution in [0.2, 0.25) is 0 Å². The van der Waals surface area contributed by atoms with Crippen LogP contribution in [-0.2, 0) is 28.6 Å². The van der Waals surface area contributed by atoms with E-state index < -0.39 is 6.10 Å². The average molecular weight is 1020 g/mol. The summed E-state index contributed by atoms with van der Waals surface area (Å²) in [7, 11) is 0. The van der Waals surface area contributed by atoms with Crippen LogP contribution in [0.25, 0.3) is 0 Å². The summed E-state index contributed by atoms with van der Waals surface area (Å²) in [5.41, 5.74) is 0. The molecule has 1 atom stereocenters. The number of carbonyl (C=O) groups is 3. The van der Waals surface area contributed by atoms with Gasteiger partial charge in [-0.15, -0.1) is 0 Å². The third-order valence-corrected chi connectivity index (χ3v) is 14.0. The van der Waals surface area contributed by atoms with Crippen molar-refractivity contribution in [3.8, 4) is 0 Å². The van der Waals surface area contributed by atoms with Crippen LogP contribution < -0.4 is 0 Å². The number of esters is 3. The number of unbranched alkanes of at least 4 members (excludes halogenated alkanes) is 37. The molecular weight excluding hydrogens is 901 g/mol. The van der Waals surface area contributed by atoms with E-state index in [-0.39, 0.29) is 31.1 Å². The Bertz CT molecular complexity index is 1310. The highest BCUT2D eigenvalue weighted by Crippen LogP contribution is 2.17. The quantitative estimate of drug-likeness (QED) is 0.0261. The fourth-order valence-corrected chi connectivity index (χ4v) is 9.30. The molecule has 0 rings (SSSR count). The number of rotatable bonds is 58. The molecule has 0 aliphatic carbocycles. The second-order valence-corrected chi connectivity index (χ2v) is 21.3. The lowest BCUT2D eigenvalue weighted by atomic mass is 10.0. The molecule has 0 saturated carbocycles. The van der Waals surface area contributed by atoms with Gasteiger partial charge in [-0.1, -0.05) is 306 Å². The van der Waals surface area contributed by atoms with E-state index in [0.29, 0.717) is 19.3 Å². The fourth-order valence-electron chi connectivity index (χ4n) is 9.30. The van der Waals surface area contributed by atoms with Crippen molar-refractivity contribution in [1.29, 1.82) is 0 Å². The zero-order valence-electron chi connectivity index (χ0n) is 48.7. The molecule has 0 amide bonds. The molecule has 73 heavy (non-hydrogen) atoms. The molecule has 0 aliphatic heterocycles. The minimum Gasteiger partial charge on any atom is -0.462 e. The van der Waals surface area contributed by atoms with Gasteiger partial charge in [-0.2, -0.15) is 0 Å². The molecule has 1 unspecified atom stereocenters. The average Bonchev–Trinajstić information content (AvgIpc) is 3.39. The van der Waals surface area contributed by atoms with Crippen LogP contribution in [0.5, 0.6) is 0 Å². The summed E-state index contributed by atoms with van der Waals surface area (Å²) < 4.78 is 16.9. The van der Waals surface area contributed by atoms with Crippen molar-refractivity contribution in [3.05, 3.63) is 60.8 Å². The maximum Gasteiger partial charge on any atom is 0.306 e. The maximum atomic E-state index is 12.9. The van der Waals surface area contributed by atoms with Gasteiger partial charge in [-0.05, 0) is 64.2 Å². The van der Waals surface area contributed by atoms with E-state index in [0.717, 1.165) is 96.3 Å². The predicted molar refractivity (Wildman–Crippen MR) is 316 cm³/mol. The Hall–Kier alpha value is -2.89. The highest BCUT2D eigenvalue weighted by atomic mass is 16.6. The number of hydrogen-bond acceptors (Lipinski definition) is 6. The lowest BCUT2D eigenvalue weighted by Gasteiger charge is -2.18. The van der Waals surface area contributed by atoms with Gasteiger partial charge < -0.3 is 14.2 Å². The topological polar surface area (TPSA) is 78.9 Å².